The summed E-state index contributed by atoms with van der Waals surface area (Å²) in [5, 5.41) is 29.2. The zero-order chi connectivity index (χ0) is 18.9. The Morgan fingerprint density at radius 2 is 1.44 bits per heavy atom. The second-order valence-corrected chi connectivity index (χ2v) is 7.69. The van der Waals surface area contributed by atoms with Gasteiger partial charge in [-0.15, -0.1) is 0 Å². The van der Waals surface area contributed by atoms with Gasteiger partial charge in [-0.3, -0.25) is 4.79 Å². The Kier molecular flexibility index (Phi) is 16.1. The minimum atomic E-state index is -1.09. The Balaban J connectivity index is 3.80. The minimum absolute atomic E-state index is 0.130. The molecule has 7 heteroatoms. The zero-order valence-electron chi connectivity index (χ0n) is 15.4. The van der Waals surface area contributed by atoms with Crippen LogP contribution in [-0.4, -0.2) is 57.5 Å². The summed E-state index contributed by atoms with van der Waals surface area (Å²) in [6, 6.07) is -0.989. The van der Waals surface area contributed by atoms with Gasteiger partial charge in [0, 0.05) is 12.2 Å². The molecule has 0 radical (unpaired) electrons. The number of amides is 1. The van der Waals surface area contributed by atoms with E-state index in [-0.39, 0.29) is 24.9 Å². The van der Waals surface area contributed by atoms with Crippen LogP contribution in [-0.2, 0) is 9.59 Å². The normalized spacial score (nSPS) is 12.3. The van der Waals surface area contributed by atoms with Crippen molar-refractivity contribution < 1.29 is 24.9 Å². The molecule has 4 N–H and O–H groups in total. The fraction of sp³-hybridized carbons (Fsp3) is 0.889. The highest BCUT2D eigenvalue weighted by atomic mass is 32.2. The number of hydrogen-bond donors (Lipinski definition) is 4. The van der Waals surface area contributed by atoms with Crippen molar-refractivity contribution in [3.05, 3.63) is 0 Å². The molecule has 0 fully saturated rings. The molecule has 0 saturated heterocycles. The largest absolute Gasteiger partial charge is 0.480 e. The number of carboxylic acid groups (broad SMARTS) is 1. The van der Waals surface area contributed by atoms with E-state index in [1.54, 1.807) is 0 Å². The third kappa shape index (κ3) is 14.1. The number of rotatable bonds is 17. The van der Waals surface area contributed by atoms with E-state index in [0.29, 0.717) is 6.42 Å². The number of carbonyl (C=O) groups excluding carboxylic acids is 1. The number of aliphatic hydroxyl groups is 2. The van der Waals surface area contributed by atoms with Crippen LogP contribution in [0.3, 0.4) is 0 Å². The van der Waals surface area contributed by atoms with Crippen molar-refractivity contribution in [3.63, 3.8) is 0 Å². The molecule has 1 atom stereocenters. The maximum atomic E-state index is 11.9. The van der Waals surface area contributed by atoms with Gasteiger partial charge in [0.25, 0.3) is 0 Å². The van der Waals surface area contributed by atoms with Crippen LogP contribution in [0, 0.1) is 0 Å². The van der Waals surface area contributed by atoms with Crippen LogP contribution in [0.15, 0.2) is 0 Å². The van der Waals surface area contributed by atoms with Crippen LogP contribution in [0.1, 0.15) is 71.1 Å². The van der Waals surface area contributed by atoms with Gasteiger partial charge in [-0.25, -0.2) is 4.79 Å². The van der Waals surface area contributed by atoms with E-state index >= 15 is 0 Å². The number of aliphatic carboxylic acids is 1. The van der Waals surface area contributed by atoms with E-state index in [9.17, 15) is 9.59 Å². The fourth-order valence-electron chi connectivity index (χ4n) is 2.43. The number of aliphatic hydroxyl groups excluding tert-OH is 2. The molecule has 0 bridgehead atoms. The molecule has 25 heavy (non-hydrogen) atoms. The SMILES string of the molecule is CCCCCCCCCCCC(=O)N[C@@H](CSC(CO)CO)C(=O)O. The lowest BCUT2D eigenvalue weighted by Crippen LogP contribution is -2.43. The van der Waals surface area contributed by atoms with Gasteiger partial charge in [-0.05, 0) is 6.42 Å². The Morgan fingerprint density at radius 3 is 1.92 bits per heavy atom. The van der Waals surface area contributed by atoms with Crippen molar-refractivity contribution in [1.82, 2.24) is 5.32 Å². The Bertz CT molecular complexity index is 350. The number of unbranched alkanes of at least 4 members (excludes halogenated alkanes) is 8. The third-order valence-corrected chi connectivity index (χ3v) is 5.34. The molecular formula is C18H35NO5S. The van der Waals surface area contributed by atoms with Gasteiger partial charge in [-0.1, -0.05) is 58.3 Å². The number of hydrogen-bond acceptors (Lipinski definition) is 5. The quantitative estimate of drug-likeness (QED) is 0.290. The van der Waals surface area contributed by atoms with Gasteiger partial charge in [0.05, 0.1) is 18.5 Å². The van der Waals surface area contributed by atoms with E-state index < -0.39 is 17.3 Å². The van der Waals surface area contributed by atoms with Gasteiger partial charge in [0.1, 0.15) is 6.04 Å². The number of carboxylic acids is 1. The summed E-state index contributed by atoms with van der Waals surface area (Å²) in [7, 11) is 0. The molecule has 0 aliphatic rings. The van der Waals surface area contributed by atoms with Gasteiger partial charge >= 0.3 is 5.97 Å². The highest BCUT2D eigenvalue weighted by molar-refractivity contribution is 8.00. The molecule has 0 spiro atoms. The maximum absolute atomic E-state index is 11.9. The number of thioether (sulfide) groups is 1. The first-order chi connectivity index (χ1) is 12.0. The van der Waals surface area contributed by atoms with Crippen LogP contribution in [0.4, 0.5) is 0 Å². The van der Waals surface area contributed by atoms with Gasteiger partial charge in [0.15, 0.2) is 0 Å². The molecule has 0 aromatic carbocycles. The van der Waals surface area contributed by atoms with Crippen molar-refractivity contribution in [3.8, 4) is 0 Å². The smallest absolute Gasteiger partial charge is 0.327 e. The highest BCUT2D eigenvalue weighted by Gasteiger charge is 2.21. The topological polar surface area (TPSA) is 107 Å². The zero-order valence-corrected chi connectivity index (χ0v) is 16.2. The van der Waals surface area contributed by atoms with Crippen LogP contribution >= 0.6 is 11.8 Å². The summed E-state index contributed by atoms with van der Waals surface area (Å²) in [5.74, 6) is -1.21. The number of carbonyl (C=O) groups is 2. The molecule has 0 aliphatic heterocycles. The average molecular weight is 378 g/mol. The first kappa shape index (κ1) is 24.2. The lowest BCUT2D eigenvalue weighted by Gasteiger charge is -2.17. The van der Waals surface area contributed by atoms with Crippen molar-refractivity contribution in [2.24, 2.45) is 0 Å². The molecule has 1 amide bonds. The monoisotopic (exact) mass is 377 g/mol. The van der Waals surface area contributed by atoms with E-state index in [1.807, 2.05) is 0 Å². The van der Waals surface area contributed by atoms with Crippen LogP contribution in [0.5, 0.6) is 0 Å². The summed E-state index contributed by atoms with van der Waals surface area (Å²) in [5.41, 5.74) is 0. The van der Waals surface area contributed by atoms with Crippen LogP contribution in [0.25, 0.3) is 0 Å². The molecule has 6 nitrogen and oxygen atoms in total. The standard InChI is InChI=1S/C18H35NO5S/c1-2-3-4-5-6-7-8-9-10-11-17(22)19-16(18(23)24)14-25-15(12-20)13-21/h15-16,20-21H,2-14H2,1H3,(H,19,22)(H,23,24)/t16-/m0/s1. The summed E-state index contributed by atoms with van der Waals surface area (Å²) in [6.07, 6.45) is 10.8. The molecule has 0 aromatic rings. The van der Waals surface area contributed by atoms with Crippen molar-refractivity contribution in [2.75, 3.05) is 19.0 Å². The molecule has 0 unspecified atom stereocenters. The second kappa shape index (κ2) is 16.7. The first-order valence-electron chi connectivity index (χ1n) is 9.40. The summed E-state index contributed by atoms with van der Waals surface area (Å²) >= 11 is 1.15. The van der Waals surface area contributed by atoms with E-state index in [1.165, 1.54) is 38.5 Å². The minimum Gasteiger partial charge on any atom is -0.480 e. The van der Waals surface area contributed by atoms with Crippen molar-refractivity contribution >= 4 is 23.6 Å². The van der Waals surface area contributed by atoms with Gasteiger partial charge < -0.3 is 20.6 Å². The Hall–Kier alpha value is -0.790. The molecule has 148 valence electrons. The van der Waals surface area contributed by atoms with Crippen LogP contribution in [0.2, 0.25) is 0 Å². The average Bonchev–Trinajstić information content (AvgIpc) is 2.59. The van der Waals surface area contributed by atoms with Gasteiger partial charge in [-0.2, -0.15) is 11.8 Å². The lowest BCUT2D eigenvalue weighted by molar-refractivity contribution is -0.141. The lowest BCUT2D eigenvalue weighted by atomic mass is 10.1. The van der Waals surface area contributed by atoms with Crippen LogP contribution < -0.4 is 5.32 Å². The number of nitrogens with one attached hydrogen (secondary N) is 1. The predicted octanol–water partition coefficient (Wildman–Crippen LogP) is 2.56. The van der Waals surface area contributed by atoms with Crippen molar-refractivity contribution in [1.29, 1.82) is 0 Å². The summed E-state index contributed by atoms with van der Waals surface area (Å²) in [6.45, 7) is 1.76. The summed E-state index contributed by atoms with van der Waals surface area (Å²) < 4.78 is 0. The first-order valence-corrected chi connectivity index (χ1v) is 10.5. The highest BCUT2D eigenvalue weighted by Crippen LogP contribution is 2.13. The molecule has 0 aliphatic carbocycles. The summed E-state index contributed by atoms with van der Waals surface area (Å²) in [4.78, 5) is 23.1. The van der Waals surface area contributed by atoms with Crippen molar-refractivity contribution in [2.45, 2.75) is 82.4 Å². The van der Waals surface area contributed by atoms with E-state index in [4.69, 9.17) is 15.3 Å². The van der Waals surface area contributed by atoms with E-state index in [2.05, 4.69) is 12.2 Å². The van der Waals surface area contributed by atoms with E-state index in [0.717, 1.165) is 31.0 Å². The third-order valence-electron chi connectivity index (χ3n) is 4.05. The molecule has 0 saturated carbocycles. The molecular weight excluding hydrogens is 342 g/mol. The molecule has 0 heterocycles. The maximum Gasteiger partial charge on any atom is 0.327 e. The molecule has 0 rings (SSSR count). The Labute approximate surface area is 155 Å². The fourth-order valence-corrected chi connectivity index (χ4v) is 3.33. The van der Waals surface area contributed by atoms with Gasteiger partial charge in [0.2, 0.25) is 5.91 Å². The Morgan fingerprint density at radius 1 is 0.920 bits per heavy atom. The predicted molar refractivity (Wildman–Crippen MR) is 102 cm³/mol. The second-order valence-electron chi connectivity index (χ2n) is 6.36. The molecule has 0 aromatic heterocycles.